The summed E-state index contributed by atoms with van der Waals surface area (Å²) >= 11 is 0. The molecule has 3 heterocycles. The second-order valence-electron chi connectivity index (χ2n) is 14.3. The van der Waals surface area contributed by atoms with E-state index in [1.807, 2.05) is 36.7 Å². The molecule has 9 rings (SSSR count). The molecule has 1 aliphatic carbocycles. The van der Waals surface area contributed by atoms with Gasteiger partial charge in [0.25, 0.3) is 0 Å². The van der Waals surface area contributed by atoms with Crippen molar-refractivity contribution in [1.82, 2.24) is 9.97 Å². The smallest absolute Gasteiger partial charge is 0.121 e. The van der Waals surface area contributed by atoms with Gasteiger partial charge in [-0.25, -0.2) is 0 Å². The molecule has 0 N–H and O–H groups in total. The maximum atomic E-state index is 6.42. The standard InChI is InChI=1S/C27H20NO.C20H20NSi.Ir/c1-2-7-18(8-3-1)20-13-14-22-23-11-6-12-24(27(23)29-25(22)17-20)26-21-10-5-4-9-19(21)15-16-28-26;1-22(2,3)19-12-13-20(21-15-19)18-11-7-10-17(14-18)16-8-5-4-6-9-16;/h1-3,6-8,11,13-17H,4-5,9-10H2;4-10,12-15H,1-3H3;/q2*-1;. The molecule has 8 aromatic rings. The summed E-state index contributed by atoms with van der Waals surface area (Å²) in [5, 5.41) is 3.65. The number of aryl methyl sites for hydroxylation is 1. The Hall–Kier alpha value is -4.93. The van der Waals surface area contributed by atoms with E-state index >= 15 is 0 Å². The fraction of sp³-hybridized carbons (Fsp3) is 0.149. The van der Waals surface area contributed by atoms with Crippen LogP contribution >= 0.6 is 0 Å². The summed E-state index contributed by atoms with van der Waals surface area (Å²) in [6, 6.07) is 50.9. The van der Waals surface area contributed by atoms with Crippen LogP contribution in [0.15, 0.2) is 144 Å². The van der Waals surface area contributed by atoms with Gasteiger partial charge in [-0.1, -0.05) is 127 Å². The first kappa shape index (κ1) is 35.5. The minimum Gasteiger partial charge on any atom is -0.501 e. The Labute approximate surface area is 321 Å². The molecule has 0 unspecified atom stereocenters. The molecule has 5 aromatic carbocycles. The maximum absolute atomic E-state index is 6.42. The topological polar surface area (TPSA) is 38.9 Å². The van der Waals surface area contributed by atoms with Gasteiger partial charge in [0.15, 0.2) is 0 Å². The van der Waals surface area contributed by atoms with Crippen LogP contribution in [0, 0.1) is 12.1 Å². The van der Waals surface area contributed by atoms with Gasteiger partial charge in [0, 0.05) is 37.9 Å². The van der Waals surface area contributed by atoms with Crippen LogP contribution in [-0.4, -0.2) is 18.0 Å². The molecule has 0 amide bonds. The Balaban J connectivity index is 0.000000165. The zero-order chi connectivity index (χ0) is 34.8. The van der Waals surface area contributed by atoms with Crippen molar-refractivity contribution in [3.8, 4) is 44.8 Å². The van der Waals surface area contributed by atoms with Gasteiger partial charge in [-0.2, -0.15) is 0 Å². The number of furan rings is 1. The van der Waals surface area contributed by atoms with Gasteiger partial charge in [-0.3, -0.25) is 0 Å². The third kappa shape index (κ3) is 7.36. The van der Waals surface area contributed by atoms with Gasteiger partial charge in [0.1, 0.15) is 5.58 Å². The number of rotatable bonds is 5. The van der Waals surface area contributed by atoms with Crippen molar-refractivity contribution in [1.29, 1.82) is 0 Å². The van der Waals surface area contributed by atoms with E-state index in [-0.39, 0.29) is 20.1 Å². The number of hydrogen-bond donors (Lipinski definition) is 0. The molecule has 5 heteroatoms. The molecule has 1 aliphatic rings. The molecule has 0 saturated heterocycles. The van der Waals surface area contributed by atoms with Crippen molar-refractivity contribution in [3.05, 3.63) is 163 Å². The van der Waals surface area contributed by atoms with Crippen molar-refractivity contribution in [3.63, 3.8) is 0 Å². The first-order valence-electron chi connectivity index (χ1n) is 17.9. The number of hydrogen-bond acceptors (Lipinski definition) is 3. The van der Waals surface area contributed by atoms with Crippen LogP contribution in [0.5, 0.6) is 0 Å². The summed E-state index contributed by atoms with van der Waals surface area (Å²) < 4.78 is 6.42. The molecule has 0 saturated carbocycles. The van der Waals surface area contributed by atoms with E-state index < -0.39 is 8.07 Å². The van der Waals surface area contributed by atoms with Gasteiger partial charge in [0.2, 0.25) is 0 Å². The van der Waals surface area contributed by atoms with Crippen molar-refractivity contribution in [2.24, 2.45) is 0 Å². The van der Waals surface area contributed by atoms with Gasteiger partial charge in [-0.15, -0.1) is 53.6 Å². The average Bonchev–Trinajstić information content (AvgIpc) is 3.57. The number of benzene rings is 5. The Morgan fingerprint density at radius 3 is 2.06 bits per heavy atom. The molecular formula is C47H40IrN2OSi-2. The molecule has 0 bridgehead atoms. The van der Waals surface area contributed by atoms with E-state index in [0.29, 0.717) is 0 Å². The van der Waals surface area contributed by atoms with Crippen LogP contribution < -0.4 is 5.19 Å². The molecule has 0 fully saturated rings. The minimum absolute atomic E-state index is 0. The largest absolute Gasteiger partial charge is 0.501 e. The number of nitrogens with zero attached hydrogens (tertiary/aromatic N) is 2. The molecule has 52 heavy (non-hydrogen) atoms. The number of pyridine rings is 2. The normalized spacial score (nSPS) is 12.4. The molecule has 0 atom stereocenters. The Kier molecular flexibility index (Phi) is 10.5. The van der Waals surface area contributed by atoms with Crippen molar-refractivity contribution < 1.29 is 24.5 Å². The van der Waals surface area contributed by atoms with Crippen LogP contribution in [0.25, 0.3) is 66.7 Å². The zero-order valence-corrected chi connectivity index (χ0v) is 33.1. The van der Waals surface area contributed by atoms with Crippen LogP contribution in [0.2, 0.25) is 19.6 Å². The van der Waals surface area contributed by atoms with Gasteiger partial charge in [-0.05, 0) is 71.1 Å². The summed E-state index contributed by atoms with van der Waals surface area (Å²) in [4.78, 5) is 9.41. The van der Waals surface area contributed by atoms with Crippen LogP contribution in [0.3, 0.4) is 0 Å². The van der Waals surface area contributed by atoms with Crippen molar-refractivity contribution in [2.45, 2.75) is 45.3 Å². The number of aromatic nitrogens is 2. The summed E-state index contributed by atoms with van der Waals surface area (Å²) in [6.07, 6.45) is 8.68. The molecular weight excluding hydrogens is 829 g/mol. The fourth-order valence-corrected chi connectivity index (χ4v) is 8.06. The van der Waals surface area contributed by atoms with Crippen molar-refractivity contribution in [2.75, 3.05) is 0 Å². The second kappa shape index (κ2) is 15.4. The quantitative estimate of drug-likeness (QED) is 0.128. The minimum atomic E-state index is -1.29. The van der Waals surface area contributed by atoms with E-state index in [0.717, 1.165) is 62.9 Å². The molecule has 3 nitrogen and oxygen atoms in total. The van der Waals surface area contributed by atoms with E-state index in [2.05, 4.69) is 140 Å². The fourth-order valence-electron chi connectivity index (χ4n) is 7.03. The molecule has 259 valence electrons. The van der Waals surface area contributed by atoms with Gasteiger partial charge < -0.3 is 14.4 Å². The SMILES string of the molecule is C[Si](C)(C)c1ccc(-c2[c-]ccc(-c3ccccc3)c2)nc1.[Ir].[c-]1ccc2c(oc3cc(-c4ccccc4)ccc32)c1-c1nccc2c1CCCC2. The summed E-state index contributed by atoms with van der Waals surface area (Å²) in [7, 11) is -1.29. The first-order valence-corrected chi connectivity index (χ1v) is 21.4. The summed E-state index contributed by atoms with van der Waals surface area (Å²) in [5.41, 5.74) is 13.4. The second-order valence-corrected chi connectivity index (χ2v) is 19.4. The Morgan fingerprint density at radius 2 is 1.35 bits per heavy atom. The molecule has 0 spiro atoms. The predicted molar refractivity (Wildman–Crippen MR) is 215 cm³/mol. The monoisotopic (exact) mass is 869 g/mol. The van der Waals surface area contributed by atoms with Crippen molar-refractivity contribution >= 4 is 35.2 Å². The van der Waals surface area contributed by atoms with Crippen LogP contribution in [0.4, 0.5) is 0 Å². The summed E-state index contributed by atoms with van der Waals surface area (Å²) in [5.74, 6) is 0. The third-order valence-corrected chi connectivity index (χ3v) is 11.9. The predicted octanol–water partition coefficient (Wildman–Crippen LogP) is 11.8. The molecule has 3 aromatic heterocycles. The maximum Gasteiger partial charge on any atom is 0.121 e. The van der Waals surface area contributed by atoms with Gasteiger partial charge in [0.05, 0.1) is 13.7 Å². The molecule has 0 aliphatic heterocycles. The third-order valence-electron chi connectivity index (χ3n) is 9.87. The van der Waals surface area contributed by atoms with Crippen LogP contribution in [0.1, 0.15) is 24.0 Å². The van der Waals surface area contributed by atoms with Gasteiger partial charge >= 0.3 is 0 Å². The van der Waals surface area contributed by atoms with E-state index in [1.54, 1.807) is 0 Å². The van der Waals surface area contributed by atoms with E-state index in [4.69, 9.17) is 9.40 Å². The Morgan fingerprint density at radius 1 is 0.635 bits per heavy atom. The average molecular weight is 869 g/mol. The summed E-state index contributed by atoms with van der Waals surface area (Å²) in [6.45, 7) is 7.02. The van der Waals surface area contributed by atoms with E-state index in [1.165, 1.54) is 45.8 Å². The molecule has 1 radical (unpaired) electrons. The zero-order valence-electron chi connectivity index (χ0n) is 29.7. The number of fused-ring (bicyclic) bond motifs is 4. The van der Waals surface area contributed by atoms with Crippen LogP contribution in [-0.2, 0) is 32.9 Å². The first-order chi connectivity index (χ1) is 24.9. The Bertz CT molecular complexity index is 2450. The van der Waals surface area contributed by atoms with E-state index in [9.17, 15) is 0 Å².